The number of carbonyl (C=O) groups excluding carboxylic acids is 3. The van der Waals surface area contributed by atoms with E-state index < -0.39 is 6.04 Å². The van der Waals surface area contributed by atoms with Gasteiger partial charge in [0.25, 0.3) is 0 Å². The monoisotopic (exact) mass is 358 g/mol. The Hall–Kier alpha value is -2.57. The predicted molar refractivity (Wildman–Crippen MR) is 99.0 cm³/mol. The number of benzene rings is 1. The minimum absolute atomic E-state index is 0.0414. The first-order chi connectivity index (χ1) is 12.2. The van der Waals surface area contributed by atoms with Gasteiger partial charge in [0.2, 0.25) is 11.8 Å². The summed E-state index contributed by atoms with van der Waals surface area (Å²) >= 11 is 0. The fraction of sp³-hybridized carbons (Fsp3) is 0.526. The third kappa shape index (κ3) is 3.38. The lowest BCUT2D eigenvalue weighted by molar-refractivity contribution is -0.148. The molecule has 4 amide bonds. The van der Waals surface area contributed by atoms with Crippen molar-refractivity contribution in [2.75, 3.05) is 31.5 Å². The highest BCUT2D eigenvalue weighted by Crippen LogP contribution is 2.32. The molecule has 0 radical (unpaired) electrons. The highest BCUT2D eigenvalue weighted by atomic mass is 16.2. The van der Waals surface area contributed by atoms with Gasteiger partial charge in [0.1, 0.15) is 6.04 Å². The Balaban J connectivity index is 1.78. The summed E-state index contributed by atoms with van der Waals surface area (Å²) in [4.78, 5) is 40.0. The lowest BCUT2D eigenvalue weighted by Gasteiger charge is -2.42. The van der Waals surface area contributed by atoms with Crippen molar-refractivity contribution >= 4 is 23.5 Å². The van der Waals surface area contributed by atoms with E-state index in [1.165, 1.54) is 0 Å². The summed E-state index contributed by atoms with van der Waals surface area (Å²) in [7, 11) is 0. The number of fused-ring (bicyclic) bond motifs is 1. The number of nitrogens with zero attached hydrogens (tertiary/aromatic N) is 2. The van der Waals surface area contributed by atoms with Crippen LogP contribution in [0.1, 0.15) is 31.9 Å². The number of aryl methyl sites for hydroxylation is 1. The van der Waals surface area contributed by atoms with Gasteiger partial charge in [0.05, 0.1) is 13.1 Å². The molecule has 0 saturated carbocycles. The topological polar surface area (TPSA) is 81.8 Å². The van der Waals surface area contributed by atoms with Gasteiger partial charge in [-0.15, -0.1) is 0 Å². The number of amides is 4. The van der Waals surface area contributed by atoms with Crippen molar-refractivity contribution < 1.29 is 14.4 Å². The second-order valence-corrected chi connectivity index (χ2v) is 7.94. The molecule has 3 rings (SSSR count). The molecule has 2 saturated heterocycles. The molecule has 0 bridgehead atoms. The summed E-state index contributed by atoms with van der Waals surface area (Å²) in [6, 6.07) is 5.14. The maximum atomic E-state index is 12.8. The summed E-state index contributed by atoms with van der Waals surface area (Å²) in [5, 5.41) is 5.62. The van der Waals surface area contributed by atoms with E-state index in [9.17, 15) is 14.4 Å². The fourth-order valence-electron chi connectivity index (χ4n) is 3.52. The van der Waals surface area contributed by atoms with E-state index >= 15 is 0 Å². The van der Waals surface area contributed by atoms with Gasteiger partial charge in [-0.2, -0.15) is 0 Å². The molecule has 2 aliphatic rings. The maximum absolute atomic E-state index is 12.8. The summed E-state index contributed by atoms with van der Waals surface area (Å²) in [6.07, 6.45) is 0. The Bertz CT molecular complexity index is 754. The molecule has 7 heteroatoms. The third-order valence-electron chi connectivity index (χ3n) is 5.02. The first kappa shape index (κ1) is 18.2. The Kier molecular flexibility index (Phi) is 4.64. The Morgan fingerprint density at radius 3 is 2.65 bits per heavy atom. The second-order valence-electron chi connectivity index (χ2n) is 7.94. The first-order valence-electron chi connectivity index (χ1n) is 8.91. The lowest BCUT2D eigenvalue weighted by atomic mass is 9.84. The van der Waals surface area contributed by atoms with Gasteiger partial charge in [-0.05, 0) is 23.5 Å². The molecule has 0 spiro atoms. The SMILES string of the molecule is Cc1cccc(C(C)(C)C)c1NC(=O)N1CCN2C(=O)CNC(=O)[C@H]2C1. The molecule has 0 aliphatic carbocycles. The minimum atomic E-state index is -0.602. The normalized spacial score (nSPS) is 20.5. The van der Waals surface area contributed by atoms with Crippen molar-refractivity contribution in [2.45, 2.75) is 39.2 Å². The maximum Gasteiger partial charge on any atom is 0.322 e. The van der Waals surface area contributed by atoms with E-state index in [1.807, 2.05) is 25.1 Å². The highest BCUT2D eigenvalue weighted by Gasteiger charge is 2.40. The number of anilines is 1. The van der Waals surface area contributed by atoms with E-state index in [4.69, 9.17) is 0 Å². The molecule has 1 aromatic rings. The Morgan fingerprint density at radius 2 is 1.96 bits per heavy atom. The van der Waals surface area contributed by atoms with Gasteiger partial charge in [0, 0.05) is 18.8 Å². The van der Waals surface area contributed by atoms with Gasteiger partial charge in [-0.1, -0.05) is 39.0 Å². The summed E-state index contributed by atoms with van der Waals surface area (Å²) in [6.45, 7) is 9.33. The number of hydrogen-bond acceptors (Lipinski definition) is 3. The summed E-state index contributed by atoms with van der Waals surface area (Å²) in [5.41, 5.74) is 2.77. The van der Waals surface area contributed by atoms with Crippen LogP contribution in [0.15, 0.2) is 18.2 Å². The zero-order valence-electron chi connectivity index (χ0n) is 15.8. The molecular formula is C19H26N4O3. The molecule has 2 heterocycles. The van der Waals surface area contributed by atoms with Gasteiger partial charge in [-0.3, -0.25) is 9.59 Å². The first-order valence-corrected chi connectivity index (χ1v) is 8.91. The summed E-state index contributed by atoms with van der Waals surface area (Å²) in [5.74, 6) is -0.294. The van der Waals surface area contributed by atoms with Gasteiger partial charge >= 0.3 is 6.03 Å². The van der Waals surface area contributed by atoms with Crippen molar-refractivity contribution in [3.05, 3.63) is 29.3 Å². The molecule has 0 aromatic heterocycles. The van der Waals surface area contributed by atoms with E-state index in [0.29, 0.717) is 13.1 Å². The van der Waals surface area contributed by atoms with E-state index in [2.05, 4.69) is 31.4 Å². The average molecular weight is 358 g/mol. The number of piperazine rings is 2. The number of hydrogen-bond donors (Lipinski definition) is 2. The second kappa shape index (κ2) is 6.63. The van der Waals surface area contributed by atoms with Crippen LogP contribution in [0.4, 0.5) is 10.5 Å². The standard InChI is InChI=1S/C19H26N4O3/c1-12-6-5-7-13(19(2,3)4)16(12)21-18(26)22-8-9-23-14(11-22)17(25)20-10-15(23)24/h5-7,14H,8-11H2,1-4H3,(H,20,25)(H,21,26)/t14-/m1/s1. The molecule has 2 fully saturated rings. The van der Waals surface area contributed by atoms with E-state index in [1.54, 1.807) is 9.80 Å². The number of urea groups is 1. The third-order valence-corrected chi connectivity index (χ3v) is 5.02. The van der Waals surface area contributed by atoms with E-state index in [-0.39, 0.29) is 36.3 Å². The van der Waals surface area contributed by atoms with E-state index in [0.717, 1.165) is 16.8 Å². The van der Waals surface area contributed by atoms with Crippen LogP contribution in [0.5, 0.6) is 0 Å². The van der Waals surface area contributed by atoms with Gasteiger partial charge in [-0.25, -0.2) is 4.79 Å². The Labute approximate surface area is 153 Å². The molecule has 26 heavy (non-hydrogen) atoms. The predicted octanol–water partition coefficient (Wildman–Crippen LogP) is 1.47. The summed E-state index contributed by atoms with van der Waals surface area (Å²) < 4.78 is 0. The average Bonchev–Trinajstić information content (AvgIpc) is 2.58. The minimum Gasteiger partial charge on any atom is -0.345 e. The highest BCUT2D eigenvalue weighted by molar-refractivity contribution is 5.97. The van der Waals surface area contributed by atoms with Crippen LogP contribution in [-0.4, -0.2) is 59.9 Å². The van der Waals surface area contributed by atoms with Crippen molar-refractivity contribution in [1.82, 2.24) is 15.1 Å². The van der Waals surface area contributed by atoms with Crippen LogP contribution in [0.2, 0.25) is 0 Å². The van der Waals surface area contributed by atoms with Crippen molar-refractivity contribution in [1.29, 1.82) is 0 Å². The fourth-order valence-corrected chi connectivity index (χ4v) is 3.52. The van der Waals surface area contributed by atoms with Crippen LogP contribution in [-0.2, 0) is 15.0 Å². The van der Waals surface area contributed by atoms with Crippen LogP contribution in [0.3, 0.4) is 0 Å². The number of para-hydroxylation sites is 1. The van der Waals surface area contributed by atoms with Crippen molar-refractivity contribution in [2.24, 2.45) is 0 Å². The molecule has 1 aromatic carbocycles. The van der Waals surface area contributed by atoms with Gasteiger partial charge in [0.15, 0.2) is 0 Å². The smallest absolute Gasteiger partial charge is 0.322 e. The van der Waals surface area contributed by atoms with Crippen molar-refractivity contribution in [3.63, 3.8) is 0 Å². The van der Waals surface area contributed by atoms with Crippen molar-refractivity contribution in [3.8, 4) is 0 Å². The zero-order chi connectivity index (χ0) is 19.1. The van der Waals surface area contributed by atoms with Gasteiger partial charge < -0.3 is 20.4 Å². The molecule has 140 valence electrons. The lowest BCUT2D eigenvalue weighted by Crippen LogP contribution is -2.66. The number of nitrogens with one attached hydrogen (secondary N) is 2. The molecule has 0 unspecified atom stereocenters. The molecule has 2 aliphatic heterocycles. The molecule has 1 atom stereocenters. The number of rotatable bonds is 1. The molecular weight excluding hydrogens is 332 g/mol. The Morgan fingerprint density at radius 1 is 1.23 bits per heavy atom. The number of carbonyl (C=O) groups is 3. The van der Waals surface area contributed by atoms with Crippen LogP contribution in [0, 0.1) is 6.92 Å². The zero-order valence-corrected chi connectivity index (χ0v) is 15.8. The van der Waals surface area contributed by atoms with Crippen LogP contribution < -0.4 is 10.6 Å². The largest absolute Gasteiger partial charge is 0.345 e. The molecule has 7 nitrogen and oxygen atoms in total. The molecule has 2 N–H and O–H groups in total. The van der Waals surface area contributed by atoms with Crippen LogP contribution in [0.25, 0.3) is 0 Å². The van der Waals surface area contributed by atoms with Crippen LogP contribution >= 0.6 is 0 Å². The quantitative estimate of drug-likeness (QED) is 0.798.